The Morgan fingerprint density at radius 1 is 1.13 bits per heavy atom. The van der Waals surface area contributed by atoms with Crippen LogP contribution >= 0.6 is 0 Å². The minimum absolute atomic E-state index is 0.272. The zero-order chi connectivity index (χ0) is 16.8. The van der Waals surface area contributed by atoms with Crippen LogP contribution in [0.1, 0.15) is 29.2 Å². The van der Waals surface area contributed by atoms with E-state index >= 15 is 0 Å². The second-order valence-corrected chi connectivity index (χ2v) is 4.81. The third-order valence-electron chi connectivity index (χ3n) is 3.44. The molecule has 114 valence electrons. The highest BCUT2D eigenvalue weighted by Crippen LogP contribution is 2.37. The van der Waals surface area contributed by atoms with E-state index in [0.717, 1.165) is 17.5 Å². The lowest BCUT2D eigenvalue weighted by Gasteiger charge is -2.15. The van der Waals surface area contributed by atoms with Crippen LogP contribution in [0.15, 0.2) is 36.9 Å². The van der Waals surface area contributed by atoms with Crippen LogP contribution in [0, 0.1) is 22.7 Å². The van der Waals surface area contributed by atoms with Crippen molar-refractivity contribution in [1.82, 2.24) is 0 Å². The molecule has 0 bridgehead atoms. The quantitative estimate of drug-likeness (QED) is 0.819. The minimum atomic E-state index is 0.272. The highest BCUT2D eigenvalue weighted by Gasteiger charge is 2.13. The van der Waals surface area contributed by atoms with Gasteiger partial charge in [-0.3, -0.25) is 0 Å². The normalized spacial score (nSPS) is 9.57. The number of hydrogen-bond acceptors (Lipinski definition) is 4. The molecule has 0 fully saturated rings. The summed E-state index contributed by atoms with van der Waals surface area (Å²) in [6.07, 6.45) is 2.57. The average Bonchev–Trinajstić information content (AvgIpc) is 2.61. The second kappa shape index (κ2) is 7.15. The first-order valence-corrected chi connectivity index (χ1v) is 7.12. The molecule has 0 saturated carbocycles. The van der Waals surface area contributed by atoms with Gasteiger partial charge in [-0.25, -0.2) is 0 Å². The number of nitriles is 2. The Morgan fingerprint density at radius 2 is 1.87 bits per heavy atom. The van der Waals surface area contributed by atoms with Crippen LogP contribution in [0.3, 0.4) is 0 Å². The highest BCUT2D eigenvalue weighted by atomic mass is 16.5. The van der Waals surface area contributed by atoms with Gasteiger partial charge in [0.25, 0.3) is 0 Å². The molecule has 0 aliphatic heterocycles. The van der Waals surface area contributed by atoms with Crippen LogP contribution in [0.25, 0.3) is 6.08 Å². The van der Waals surface area contributed by atoms with E-state index in [1.54, 1.807) is 31.4 Å². The number of rotatable bonds is 5. The standard InChI is InChI=1S/C19H16N2O2/c1-4-13-8-14(5-2)19(18(9-13)22-3)23-17-7-6-15(11-20)16(10-17)12-21/h5-10H,2,4H2,1,3H3. The minimum Gasteiger partial charge on any atom is -0.493 e. The highest BCUT2D eigenvalue weighted by molar-refractivity contribution is 5.64. The SMILES string of the molecule is C=Cc1cc(CC)cc(OC)c1Oc1ccc(C#N)c(C#N)c1. The molecule has 0 heterocycles. The van der Waals surface area contributed by atoms with Gasteiger partial charge in [-0.2, -0.15) is 10.5 Å². The van der Waals surface area contributed by atoms with Gasteiger partial charge in [0.2, 0.25) is 0 Å². The second-order valence-electron chi connectivity index (χ2n) is 4.81. The molecule has 0 unspecified atom stereocenters. The maximum atomic E-state index is 9.11. The fourth-order valence-corrected chi connectivity index (χ4v) is 2.19. The summed E-state index contributed by atoms with van der Waals surface area (Å²) >= 11 is 0. The molecule has 0 amide bonds. The summed E-state index contributed by atoms with van der Waals surface area (Å²) in [5.74, 6) is 1.60. The summed E-state index contributed by atoms with van der Waals surface area (Å²) in [5, 5.41) is 18.1. The van der Waals surface area contributed by atoms with E-state index < -0.39 is 0 Å². The summed E-state index contributed by atoms with van der Waals surface area (Å²) < 4.78 is 11.3. The van der Waals surface area contributed by atoms with Gasteiger partial charge in [-0.1, -0.05) is 19.6 Å². The molecule has 0 spiro atoms. The molecule has 4 nitrogen and oxygen atoms in total. The van der Waals surface area contributed by atoms with Crippen molar-refractivity contribution in [3.8, 4) is 29.4 Å². The number of hydrogen-bond donors (Lipinski definition) is 0. The Labute approximate surface area is 135 Å². The van der Waals surface area contributed by atoms with Crippen molar-refractivity contribution in [3.63, 3.8) is 0 Å². The largest absolute Gasteiger partial charge is 0.493 e. The van der Waals surface area contributed by atoms with E-state index in [-0.39, 0.29) is 5.56 Å². The predicted molar refractivity (Wildman–Crippen MR) is 88.4 cm³/mol. The number of aryl methyl sites for hydroxylation is 1. The van der Waals surface area contributed by atoms with E-state index in [1.807, 2.05) is 24.3 Å². The average molecular weight is 304 g/mol. The number of benzene rings is 2. The van der Waals surface area contributed by atoms with E-state index in [9.17, 15) is 0 Å². The van der Waals surface area contributed by atoms with Crippen LogP contribution < -0.4 is 9.47 Å². The summed E-state index contributed by atoms with van der Waals surface area (Å²) in [5.41, 5.74) is 2.51. The van der Waals surface area contributed by atoms with E-state index in [1.165, 1.54) is 0 Å². The Hall–Kier alpha value is -3.24. The van der Waals surface area contributed by atoms with Crippen molar-refractivity contribution in [1.29, 1.82) is 10.5 Å². The fourth-order valence-electron chi connectivity index (χ4n) is 2.19. The lowest BCUT2D eigenvalue weighted by atomic mass is 10.1. The Morgan fingerprint density at radius 3 is 2.43 bits per heavy atom. The van der Waals surface area contributed by atoms with Crippen LogP contribution in [0.5, 0.6) is 17.2 Å². The van der Waals surface area contributed by atoms with Crippen LogP contribution in [0.4, 0.5) is 0 Å². The first-order chi connectivity index (χ1) is 11.2. The smallest absolute Gasteiger partial charge is 0.176 e. The topological polar surface area (TPSA) is 66.0 Å². The first kappa shape index (κ1) is 16.1. The van der Waals surface area contributed by atoms with Gasteiger partial charge in [0.1, 0.15) is 17.9 Å². The van der Waals surface area contributed by atoms with Gasteiger partial charge >= 0.3 is 0 Å². The van der Waals surface area contributed by atoms with Crippen LogP contribution in [-0.2, 0) is 6.42 Å². The van der Waals surface area contributed by atoms with Gasteiger partial charge in [-0.05, 0) is 42.3 Å². The van der Waals surface area contributed by atoms with Gasteiger partial charge in [0.15, 0.2) is 11.5 Å². The molecule has 0 aromatic heterocycles. The lowest BCUT2D eigenvalue weighted by Crippen LogP contribution is -1.96. The Kier molecular flexibility index (Phi) is 5.02. The molecular formula is C19H16N2O2. The number of methoxy groups -OCH3 is 1. The molecule has 4 heteroatoms. The van der Waals surface area contributed by atoms with Crippen LogP contribution in [0.2, 0.25) is 0 Å². The van der Waals surface area contributed by atoms with E-state index in [4.69, 9.17) is 20.0 Å². The summed E-state index contributed by atoms with van der Waals surface area (Å²) in [6, 6.07) is 12.6. The summed E-state index contributed by atoms with van der Waals surface area (Å²) in [4.78, 5) is 0. The Balaban J connectivity index is 2.50. The van der Waals surface area contributed by atoms with Gasteiger partial charge < -0.3 is 9.47 Å². The maximum Gasteiger partial charge on any atom is 0.176 e. The molecule has 2 aromatic carbocycles. The van der Waals surface area contributed by atoms with E-state index in [2.05, 4.69) is 13.5 Å². The van der Waals surface area contributed by atoms with Crippen molar-refractivity contribution in [2.24, 2.45) is 0 Å². The monoisotopic (exact) mass is 304 g/mol. The lowest BCUT2D eigenvalue weighted by molar-refractivity contribution is 0.378. The van der Waals surface area contributed by atoms with Crippen molar-refractivity contribution in [2.45, 2.75) is 13.3 Å². The molecule has 0 aliphatic carbocycles. The molecule has 23 heavy (non-hydrogen) atoms. The van der Waals surface area contributed by atoms with Crippen LogP contribution in [-0.4, -0.2) is 7.11 Å². The van der Waals surface area contributed by atoms with Crippen molar-refractivity contribution < 1.29 is 9.47 Å². The van der Waals surface area contributed by atoms with Crippen molar-refractivity contribution >= 4 is 6.08 Å². The zero-order valence-electron chi connectivity index (χ0n) is 13.1. The first-order valence-electron chi connectivity index (χ1n) is 7.12. The van der Waals surface area contributed by atoms with E-state index in [0.29, 0.717) is 22.8 Å². The van der Waals surface area contributed by atoms with Gasteiger partial charge in [0.05, 0.1) is 18.2 Å². The molecule has 0 aliphatic rings. The summed E-state index contributed by atoms with van der Waals surface area (Å²) in [7, 11) is 1.58. The molecule has 0 N–H and O–H groups in total. The Bertz CT molecular complexity index is 826. The number of ether oxygens (including phenoxy) is 2. The van der Waals surface area contributed by atoms with Gasteiger partial charge in [0, 0.05) is 5.56 Å². The fraction of sp³-hybridized carbons (Fsp3) is 0.158. The third-order valence-corrected chi connectivity index (χ3v) is 3.44. The molecule has 2 rings (SSSR count). The molecule has 2 aromatic rings. The van der Waals surface area contributed by atoms with Gasteiger partial charge in [-0.15, -0.1) is 0 Å². The third kappa shape index (κ3) is 3.33. The molecule has 0 saturated heterocycles. The molecular weight excluding hydrogens is 288 g/mol. The summed E-state index contributed by atoms with van der Waals surface area (Å²) in [6.45, 7) is 5.87. The number of nitrogens with zero attached hydrogens (tertiary/aromatic N) is 2. The zero-order valence-corrected chi connectivity index (χ0v) is 13.1. The van der Waals surface area contributed by atoms with Crippen molar-refractivity contribution in [3.05, 3.63) is 59.2 Å². The molecule has 0 atom stereocenters. The predicted octanol–water partition coefficient (Wildman–Crippen LogP) is 4.44. The molecule has 0 radical (unpaired) electrons. The van der Waals surface area contributed by atoms with Crippen molar-refractivity contribution in [2.75, 3.05) is 7.11 Å². The maximum absolute atomic E-state index is 9.11.